The summed E-state index contributed by atoms with van der Waals surface area (Å²) >= 11 is 0. The fraction of sp³-hybridized carbons (Fsp3) is 0.0588. The largest absolute Gasteiger partial charge is 0.480 e. The van der Waals surface area contributed by atoms with E-state index in [1.807, 2.05) is 54.6 Å². The number of rotatable bonds is 5. The Morgan fingerprint density at radius 3 is 2.19 bits per heavy atom. The van der Waals surface area contributed by atoms with Gasteiger partial charge >= 0.3 is 5.97 Å². The van der Waals surface area contributed by atoms with Gasteiger partial charge in [-0.1, -0.05) is 54.6 Å². The van der Waals surface area contributed by atoms with Crippen LogP contribution in [0.25, 0.3) is 17.2 Å². The summed E-state index contributed by atoms with van der Waals surface area (Å²) in [5, 5.41) is 10.7. The number of carboxylic acid groups (broad SMARTS) is 1. The van der Waals surface area contributed by atoms with Gasteiger partial charge in [0.2, 0.25) is 5.91 Å². The van der Waals surface area contributed by atoms with Crippen molar-refractivity contribution < 1.29 is 14.7 Å². The quantitative estimate of drug-likeness (QED) is 0.828. The molecule has 0 saturated heterocycles. The van der Waals surface area contributed by atoms with Crippen LogP contribution < -0.4 is 5.32 Å². The maximum atomic E-state index is 11.3. The summed E-state index contributed by atoms with van der Waals surface area (Å²) in [5.41, 5.74) is 3.11. The van der Waals surface area contributed by atoms with E-state index in [2.05, 4.69) is 5.32 Å². The van der Waals surface area contributed by atoms with Crippen LogP contribution in [0.5, 0.6) is 0 Å². The van der Waals surface area contributed by atoms with Crippen molar-refractivity contribution in [3.63, 3.8) is 0 Å². The normalized spacial score (nSPS) is 10.5. The Bertz CT molecular complexity index is 645. The van der Waals surface area contributed by atoms with Gasteiger partial charge in [0.25, 0.3) is 0 Å². The molecule has 0 aliphatic heterocycles. The molecule has 0 radical (unpaired) electrons. The molecule has 4 heteroatoms. The minimum atomic E-state index is -1.07. The highest BCUT2D eigenvalue weighted by molar-refractivity contribution is 5.93. The average molecular weight is 281 g/mol. The molecule has 0 fully saturated rings. The summed E-state index contributed by atoms with van der Waals surface area (Å²) in [4.78, 5) is 21.7. The van der Waals surface area contributed by atoms with Gasteiger partial charge in [-0.25, -0.2) is 0 Å². The van der Waals surface area contributed by atoms with E-state index in [0.29, 0.717) is 0 Å². The van der Waals surface area contributed by atoms with Gasteiger partial charge in [-0.05, 0) is 22.8 Å². The molecule has 0 aliphatic carbocycles. The zero-order valence-electron chi connectivity index (χ0n) is 11.3. The summed E-state index contributed by atoms with van der Waals surface area (Å²) in [6, 6.07) is 17.8. The highest BCUT2D eigenvalue weighted by Gasteiger charge is 1.99. The third kappa shape index (κ3) is 4.62. The smallest absolute Gasteiger partial charge is 0.322 e. The summed E-state index contributed by atoms with van der Waals surface area (Å²) in [6.45, 7) is -0.379. The maximum Gasteiger partial charge on any atom is 0.322 e. The second-order valence-electron chi connectivity index (χ2n) is 4.43. The highest BCUT2D eigenvalue weighted by atomic mass is 16.4. The molecule has 0 aliphatic rings. The summed E-state index contributed by atoms with van der Waals surface area (Å²) < 4.78 is 0. The van der Waals surface area contributed by atoms with Crippen LogP contribution in [0.3, 0.4) is 0 Å². The third-order valence-electron chi connectivity index (χ3n) is 2.86. The van der Waals surface area contributed by atoms with E-state index in [1.165, 1.54) is 6.08 Å². The lowest BCUT2D eigenvalue weighted by Gasteiger charge is -2.02. The molecule has 4 nitrogen and oxygen atoms in total. The van der Waals surface area contributed by atoms with Crippen LogP contribution in [0.4, 0.5) is 0 Å². The van der Waals surface area contributed by atoms with Crippen molar-refractivity contribution in [2.24, 2.45) is 0 Å². The zero-order chi connectivity index (χ0) is 15.1. The molecule has 106 valence electrons. The van der Waals surface area contributed by atoms with Gasteiger partial charge < -0.3 is 10.4 Å². The first-order chi connectivity index (χ1) is 10.1. The molecule has 1 amide bonds. The first-order valence-electron chi connectivity index (χ1n) is 6.48. The Balaban J connectivity index is 1.99. The Morgan fingerprint density at radius 1 is 0.952 bits per heavy atom. The number of carboxylic acids is 1. The van der Waals surface area contributed by atoms with Crippen molar-refractivity contribution >= 4 is 18.0 Å². The van der Waals surface area contributed by atoms with Crippen LogP contribution in [0.15, 0.2) is 60.7 Å². The number of carbonyl (C=O) groups excluding carboxylic acids is 1. The number of amides is 1. The van der Waals surface area contributed by atoms with Crippen LogP contribution >= 0.6 is 0 Å². The summed E-state index contributed by atoms with van der Waals surface area (Å²) in [5.74, 6) is -1.49. The van der Waals surface area contributed by atoms with Gasteiger partial charge in [-0.15, -0.1) is 0 Å². The summed E-state index contributed by atoms with van der Waals surface area (Å²) in [6.07, 6.45) is 2.96. The molecule has 2 rings (SSSR count). The Kier molecular flexibility index (Phi) is 4.88. The van der Waals surface area contributed by atoms with Gasteiger partial charge in [0.1, 0.15) is 6.54 Å². The van der Waals surface area contributed by atoms with E-state index in [4.69, 9.17) is 5.11 Å². The monoisotopic (exact) mass is 281 g/mol. The summed E-state index contributed by atoms with van der Waals surface area (Å²) in [7, 11) is 0. The molecule has 21 heavy (non-hydrogen) atoms. The van der Waals surface area contributed by atoms with Crippen LogP contribution in [-0.4, -0.2) is 23.5 Å². The number of hydrogen-bond donors (Lipinski definition) is 2. The number of carbonyl (C=O) groups is 2. The van der Waals surface area contributed by atoms with Crippen LogP contribution in [-0.2, 0) is 9.59 Å². The lowest BCUT2D eigenvalue weighted by Crippen LogP contribution is -2.27. The molecule has 2 aromatic carbocycles. The molecule has 0 unspecified atom stereocenters. The van der Waals surface area contributed by atoms with Gasteiger partial charge in [-0.3, -0.25) is 9.59 Å². The van der Waals surface area contributed by atoms with Crippen molar-refractivity contribution in [1.29, 1.82) is 0 Å². The minimum Gasteiger partial charge on any atom is -0.480 e. The number of benzene rings is 2. The van der Waals surface area contributed by atoms with Crippen LogP contribution in [0.1, 0.15) is 5.56 Å². The molecule has 2 N–H and O–H groups in total. The molecule has 0 atom stereocenters. The number of hydrogen-bond acceptors (Lipinski definition) is 2. The van der Waals surface area contributed by atoms with E-state index in [0.717, 1.165) is 16.7 Å². The second-order valence-corrected chi connectivity index (χ2v) is 4.43. The van der Waals surface area contributed by atoms with Crippen molar-refractivity contribution in [1.82, 2.24) is 5.32 Å². The lowest BCUT2D eigenvalue weighted by molar-refractivity contribution is -0.137. The van der Waals surface area contributed by atoms with E-state index in [-0.39, 0.29) is 6.54 Å². The van der Waals surface area contributed by atoms with Gasteiger partial charge in [0.05, 0.1) is 0 Å². The predicted molar refractivity (Wildman–Crippen MR) is 81.6 cm³/mol. The molecule has 0 aromatic heterocycles. The third-order valence-corrected chi connectivity index (χ3v) is 2.86. The topological polar surface area (TPSA) is 66.4 Å². The minimum absolute atomic E-state index is 0.379. The Labute approximate surface area is 122 Å². The first-order valence-corrected chi connectivity index (χ1v) is 6.48. The zero-order valence-corrected chi connectivity index (χ0v) is 11.3. The Hall–Kier alpha value is -2.88. The first kappa shape index (κ1) is 14.5. The van der Waals surface area contributed by atoms with Crippen molar-refractivity contribution in [2.45, 2.75) is 0 Å². The molecule has 0 saturated carbocycles. The fourth-order valence-electron chi connectivity index (χ4n) is 1.81. The van der Waals surface area contributed by atoms with Crippen molar-refractivity contribution in [3.8, 4) is 11.1 Å². The lowest BCUT2D eigenvalue weighted by atomic mass is 10.0. The molecule has 0 spiro atoms. The average Bonchev–Trinajstić information content (AvgIpc) is 2.52. The number of aliphatic carboxylic acids is 1. The highest BCUT2D eigenvalue weighted by Crippen LogP contribution is 2.19. The van der Waals surface area contributed by atoms with Gasteiger partial charge in [-0.2, -0.15) is 0 Å². The van der Waals surface area contributed by atoms with Crippen LogP contribution in [0.2, 0.25) is 0 Å². The van der Waals surface area contributed by atoms with E-state index >= 15 is 0 Å². The van der Waals surface area contributed by atoms with Crippen molar-refractivity contribution in [3.05, 3.63) is 66.2 Å². The SMILES string of the molecule is O=C(O)CNC(=O)C=Cc1ccc(-c2ccccc2)cc1. The molecule has 0 bridgehead atoms. The van der Waals surface area contributed by atoms with Crippen molar-refractivity contribution in [2.75, 3.05) is 6.54 Å². The van der Waals surface area contributed by atoms with Crippen LogP contribution in [0, 0.1) is 0 Å². The predicted octanol–water partition coefficient (Wildman–Crippen LogP) is 2.57. The van der Waals surface area contributed by atoms with E-state index in [1.54, 1.807) is 6.08 Å². The van der Waals surface area contributed by atoms with Gasteiger partial charge in [0, 0.05) is 6.08 Å². The molecular weight excluding hydrogens is 266 g/mol. The number of nitrogens with one attached hydrogen (secondary N) is 1. The fourth-order valence-corrected chi connectivity index (χ4v) is 1.81. The molecule has 0 heterocycles. The van der Waals surface area contributed by atoms with E-state index in [9.17, 15) is 9.59 Å². The second kappa shape index (κ2) is 7.05. The van der Waals surface area contributed by atoms with E-state index < -0.39 is 11.9 Å². The molecular formula is C17H15NO3. The van der Waals surface area contributed by atoms with Gasteiger partial charge in [0.15, 0.2) is 0 Å². The standard InChI is InChI=1S/C17H15NO3/c19-16(18-12-17(20)21)11-8-13-6-9-15(10-7-13)14-4-2-1-3-5-14/h1-11H,12H2,(H,18,19)(H,20,21). The Morgan fingerprint density at radius 2 is 1.57 bits per heavy atom. The molecule has 2 aromatic rings. The maximum absolute atomic E-state index is 11.3.